The molecular formula is C20H25ClN2O5S. The topological polar surface area (TPSA) is 105 Å². The summed E-state index contributed by atoms with van der Waals surface area (Å²) in [6.45, 7) is 7.09. The fraction of sp³-hybridized carbons (Fsp3) is 0.350. The van der Waals surface area contributed by atoms with E-state index in [-0.39, 0.29) is 23.2 Å². The van der Waals surface area contributed by atoms with Crippen molar-refractivity contribution in [2.45, 2.75) is 38.7 Å². The van der Waals surface area contributed by atoms with Crippen LogP contribution >= 0.6 is 11.6 Å². The Bertz CT molecular complexity index is 992. The first kappa shape index (κ1) is 23.0. The number of benzene rings is 2. The number of sulfonamides is 1. The fourth-order valence-electron chi connectivity index (χ4n) is 2.51. The van der Waals surface area contributed by atoms with Gasteiger partial charge in [-0.3, -0.25) is 9.52 Å². The molecule has 2 aromatic carbocycles. The van der Waals surface area contributed by atoms with E-state index in [1.54, 1.807) is 45.9 Å². The number of rotatable bonds is 8. The first-order valence-electron chi connectivity index (χ1n) is 9.10. The van der Waals surface area contributed by atoms with Gasteiger partial charge < -0.3 is 15.2 Å². The monoisotopic (exact) mass is 440 g/mol. The van der Waals surface area contributed by atoms with Gasteiger partial charge in [-0.1, -0.05) is 31.5 Å². The van der Waals surface area contributed by atoms with E-state index in [4.69, 9.17) is 16.3 Å². The molecule has 0 radical (unpaired) electrons. The van der Waals surface area contributed by atoms with Gasteiger partial charge in [0.15, 0.2) is 0 Å². The number of anilines is 2. The number of carbonyl (C=O) groups excluding carboxylic acids is 1. The summed E-state index contributed by atoms with van der Waals surface area (Å²) in [6.07, 6.45) is -1.18. The number of carbonyl (C=O) groups is 1. The van der Waals surface area contributed by atoms with Crippen LogP contribution in [0.1, 0.15) is 26.3 Å². The maximum absolute atomic E-state index is 12.9. The fourth-order valence-corrected chi connectivity index (χ4v) is 3.94. The van der Waals surface area contributed by atoms with E-state index in [0.29, 0.717) is 22.0 Å². The Labute approximate surface area is 176 Å². The van der Waals surface area contributed by atoms with Gasteiger partial charge in [-0.15, -0.1) is 0 Å². The number of halogens is 1. The molecule has 7 nitrogen and oxygen atoms in total. The van der Waals surface area contributed by atoms with E-state index in [1.807, 2.05) is 0 Å². The second-order valence-electron chi connectivity index (χ2n) is 6.79. The molecule has 9 heteroatoms. The van der Waals surface area contributed by atoms with Gasteiger partial charge >= 0.3 is 0 Å². The second-order valence-corrected chi connectivity index (χ2v) is 8.85. The molecule has 29 heavy (non-hydrogen) atoms. The van der Waals surface area contributed by atoms with E-state index >= 15 is 0 Å². The molecule has 158 valence electrons. The molecule has 0 aromatic heterocycles. The minimum atomic E-state index is -3.98. The highest BCUT2D eigenvalue weighted by atomic mass is 35.5. The van der Waals surface area contributed by atoms with E-state index in [0.717, 1.165) is 0 Å². The van der Waals surface area contributed by atoms with E-state index in [1.165, 1.54) is 18.2 Å². The molecule has 0 saturated carbocycles. The van der Waals surface area contributed by atoms with Gasteiger partial charge in [-0.25, -0.2) is 8.42 Å². The second kappa shape index (κ2) is 9.47. The molecule has 0 spiro atoms. The summed E-state index contributed by atoms with van der Waals surface area (Å²) >= 11 is 6.07. The van der Waals surface area contributed by atoms with Gasteiger partial charge in [0, 0.05) is 16.8 Å². The van der Waals surface area contributed by atoms with Crippen LogP contribution in [-0.2, 0) is 14.8 Å². The maximum Gasteiger partial charge on any atom is 0.265 e. The van der Waals surface area contributed by atoms with E-state index in [9.17, 15) is 18.3 Å². The highest BCUT2D eigenvalue weighted by Gasteiger charge is 2.23. The molecule has 0 fully saturated rings. The van der Waals surface area contributed by atoms with Gasteiger partial charge in [0.25, 0.3) is 15.9 Å². The highest BCUT2D eigenvalue weighted by Crippen LogP contribution is 2.31. The lowest BCUT2D eigenvalue weighted by molar-refractivity contribution is -0.125. The third-order valence-corrected chi connectivity index (χ3v) is 6.03. The van der Waals surface area contributed by atoms with Crippen LogP contribution < -0.4 is 14.8 Å². The number of amides is 1. The lowest BCUT2D eigenvalue weighted by Crippen LogP contribution is -2.31. The van der Waals surface area contributed by atoms with Crippen LogP contribution in [0.3, 0.4) is 0 Å². The maximum atomic E-state index is 12.9. The average Bonchev–Trinajstić information content (AvgIpc) is 2.65. The molecule has 0 unspecified atom stereocenters. The number of aliphatic hydroxyl groups excluding tert-OH is 1. The zero-order valence-corrected chi connectivity index (χ0v) is 18.3. The average molecular weight is 441 g/mol. The van der Waals surface area contributed by atoms with Crippen molar-refractivity contribution < 1.29 is 23.1 Å². The Morgan fingerprint density at radius 1 is 1.24 bits per heavy atom. The molecule has 0 aliphatic carbocycles. The lowest BCUT2D eigenvalue weighted by atomic mass is 10.1. The molecule has 0 aliphatic heterocycles. The standard InChI is InChI=1S/C20H25ClN2O5S/c1-5-28-17-11-14(22-20(25)19(24)12(2)3)9-10-18(17)29(26,27)23-16-8-6-7-15(21)13(16)4/h6-12,19,23-24H,5H2,1-4H3,(H,22,25)/t19-/m0/s1. The summed E-state index contributed by atoms with van der Waals surface area (Å²) in [7, 11) is -3.98. The number of hydrogen-bond donors (Lipinski definition) is 3. The first-order valence-corrected chi connectivity index (χ1v) is 11.0. The Morgan fingerprint density at radius 3 is 2.55 bits per heavy atom. The molecule has 0 aliphatic rings. The predicted octanol–water partition coefficient (Wildman–Crippen LogP) is 3.80. The van der Waals surface area contributed by atoms with Crippen molar-refractivity contribution >= 4 is 38.9 Å². The van der Waals surface area contributed by atoms with Crippen LogP contribution in [0, 0.1) is 12.8 Å². The van der Waals surface area contributed by atoms with E-state index < -0.39 is 22.0 Å². The molecule has 0 bridgehead atoms. The lowest BCUT2D eigenvalue weighted by Gasteiger charge is -2.17. The number of nitrogens with one attached hydrogen (secondary N) is 2. The minimum absolute atomic E-state index is 0.0801. The Balaban J connectivity index is 2.36. The minimum Gasteiger partial charge on any atom is -0.492 e. The Morgan fingerprint density at radius 2 is 1.93 bits per heavy atom. The number of aliphatic hydroxyl groups is 1. The zero-order chi connectivity index (χ0) is 21.8. The van der Waals surface area contributed by atoms with Crippen LogP contribution in [0.4, 0.5) is 11.4 Å². The summed E-state index contributed by atoms with van der Waals surface area (Å²) in [5.74, 6) is -0.756. The van der Waals surface area contributed by atoms with Crippen molar-refractivity contribution in [3.05, 3.63) is 47.0 Å². The number of ether oxygens (including phenoxy) is 1. The largest absolute Gasteiger partial charge is 0.492 e. The third kappa shape index (κ3) is 5.62. The van der Waals surface area contributed by atoms with Gasteiger partial charge in [-0.2, -0.15) is 0 Å². The Kier molecular flexibility index (Phi) is 7.51. The van der Waals surface area contributed by atoms with Crippen LogP contribution in [-0.4, -0.2) is 32.1 Å². The molecular weight excluding hydrogens is 416 g/mol. The zero-order valence-electron chi connectivity index (χ0n) is 16.7. The summed E-state index contributed by atoms with van der Waals surface area (Å²) in [5, 5.41) is 12.9. The summed E-state index contributed by atoms with van der Waals surface area (Å²) in [4.78, 5) is 12.0. The normalized spacial score (nSPS) is 12.5. The SMILES string of the molecule is CCOc1cc(NC(=O)[C@@H](O)C(C)C)ccc1S(=O)(=O)Nc1cccc(Cl)c1C. The highest BCUT2D eigenvalue weighted by molar-refractivity contribution is 7.92. The first-order chi connectivity index (χ1) is 13.6. The van der Waals surface area contributed by atoms with Crippen LogP contribution in [0.2, 0.25) is 5.02 Å². The Hall–Kier alpha value is -2.29. The van der Waals surface area contributed by atoms with Crippen molar-refractivity contribution in [2.75, 3.05) is 16.6 Å². The van der Waals surface area contributed by atoms with Crippen molar-refractivity contribution in [3.63, 3.8) is 0 Å². The van der Waals surface area contributed by atoms with Gasteiger partial charge in [0.05, 0.1) is 12.3 Å². The van der Waals surface area contributed by atoms with Crippen molar-refractivity contribution in [3.8, 4) is 5.75 Å². The molecule has 2 rings (SSSR count). The molecule has 1 atom stereocenters. The van der Waals surface area contributed by atoms with Gasteiger partial charge in [-0.05, 0) is 49.6 Å². The number of hydrogen-bond acceptors (Lipinski definition) is 5. The van der Waals surface area contributed by atoms with Crippen LogP contribution in [0.15, 0.2) is 41.3 Å². The predicted molar refractivity (Wildman–Crippen MR) is 114 cm³/mol. The summed E-state index contributed by atoms with van der Waals surface area (Å²) in [6, 6.07) is 9.12. The summed E-state index contributed by atoms with van der Waals surface area (Å²) in [5.41, 5.74) is 1.27. The molecule has 0 heterocycles. The van der Waals surface area contributed by atoms with Crippen molar-refractivity contribution in [1.82, 2.24) is 0 Å². The van der Waals surface area contributed by atoms with Crippen molar-refractivity contribution in [1.29, 1.82) is 0 Å². The molecule has 3 N–H and O–H groups in total. The van der Waals surface area contributed by atoms with Crippen LogP contribution in [0.5, 0.6) is 5.75 Å². The summed E-state index contributed by atoms with van der Waals surface area (Å²) < 4.78 is 33.9. The van der Waals surface area contributed by atoms with Gasteiger partial charge in [0.2, 0.25) is 0 Å². The quantitative estimate of drug-likeness (QED) is 0.579. The molecule has 2 aromatic rings. The molecule has 0 saturated heterocycles. The van der Waals surface area contributed by atoms with Gasteiger partial charge in [0.1, 0.15) is 16.7 Å². The third-order valence-electron chi connectivity index (χ3n) is 4.21. The van der Waals surface area contributed by atoms with Crippen LogP contribution in [0.25, 0.3) is 0 Å². The van der Waals surface area contributed by atoms with Crippen molar-refractivity contribution in [2.24, 2.45) is 5.92 Å². The molecule has 1 amide bonds. The smallest absolute Gasteiger partial charge is 0.265 e. The van der Waals surface area contributed by atoms with E-state index in [2.05, 4.69) is 10.0 Å².